The Balaban J connectivity index is 2.77. The topological polar surface area (TPSA) is 75.1 Å². The molecule has 1 heterocycles. The first-order valence-electron chi connectivity index (χ1n) is 7.09. The van der Waals surface area contributed by atoms with E-state index in [1.54, 1.807) is 0 Å². The molecule has 1 aromatic heterocycles. The maximum absolute atomic E-state index is 11.0. The van der Waals surface area contributed by atoms with Crippen LogP contribution in [-0.2, 0) is 11.2 Å². The molecule has 1 unspecified atom stereocenters. The number of rotatable bonds is 7. The molecule has 0 saturated carbocycles. The highest BCUT2D eigenvalue weighted by Crippen LogP contribution is 2.24. The molecule has 0 aliphatic heterocycles. The third-order valence-corrected chi connectivity index (χ3v) is 2.86. The average molecular weight is 279 g/mol. The highest BCUT2D eigenvalue weighted by atomic mass is 16.4. The molecule has 0 spiro atoms. The summed E-state index contributed by atoms with van der Waals surface area (Å²) in [5.74, 6) is -0.0893. The number of nitrogens with one attached hydrogen (secondary N) is 1. The lowest BCUT2D eigenvalue weighted by Crippen LogP contribution is -2.28. The minimum atomic E-state index is -0.797. The van der Waals surface area contributed by atoms with Crippen LogP contribution in [0.4, 0.5) is 5.82 Å². The van der Waals surface area contributed by atoms with Crippen LogP contribution in [0.3, 0.4) is 0 Å². The van der Waals surface area contributed by atoms with E-state index in [-0.39, 0.29) is 17.9 Å². The zero-order valence-electron chi connectivity index (χ0n) is 12.8. The second-order valence-electron chi connectivity index (χ2n) is 6.35. The zero-order valence-corrected chi connectivity index (χ0v) is 12.8. The van der Waals surface area contributed by atoms with E-state index in [1.807, 2.05) is 6.07 Å². The molecule has 0 saturated heterocycles. The number of hydrogen-bond donors (Lipinski definition) is 2. The van der Waals surface area contributed by atoms with Crippen LogP contribution in [0.5, 0.6) is 0 Å². The van der Waals surface area contributed by atoms with E-state index in [2.05, 4.69) is 43.0 Å². The third kappa shape index (κ3) is 6.50. The van der Waals surface area contributed by atoms with Gasteiger partial charge in [-0.15, -0.1) is 0 Å². The maximum Gasteiger partial charge on any atom is 0.305 e. The van der Waals surface area contributed by atoms with E-state index in [9.17, 15) is 4.79 Å². The van der Waals surface area contributed by atoms with Gasteiger partial charge in [0.25, 0.3) is 0 Å². The van der Waals surface area contributed by atoms with Crippen molar-refractivity contribution in [2.45, 2.75) is 59.4 Å². The largest absolute Gasteiger partial charge is 0.481 e. The molecule has 0 aromatic carbocycles. The summed E-state index contributed by atoms with van der Waals surface area (Å²) in [6, 6.07) is 1.78. The van der Waals surface area contributed by atoms with E-state index in [0.29, 0.717) is 5.82 Å². The van der Waals surface area contributed by atoms with E-state index in [0.717, 1.165) is 25.0 Å². The Hall–Kier alpha value is -1.65. The van der Waals surface area contributed by atoms with Crippen LogP contribution in [0.2, 0.25) is 0 Å². The van der Waals surface area contributed by atoms with Gasteiger partial charge in [-0.1, -0.05) is 34.1 Å². The molecule has 5 nitrogen and oxygen atoms in total. The van der Waals surface area contributed by atoms with E-state index in [4.69, 9.17) is 5.11 Å². The standard InChI is InChI=1S/C15H25N3O2/c1-5-6-11-7-13(17-10-16-11)18-12(8-14(19)20)9-15(2,3)4/h7,10,12H,5-6,8-9H2,1-4H3,(H,19,20)(H,16,17,18). The van der Waals surface area contributed by atoms with Crippen molar-refractivity contribution in [3.05, 3.63) is 18.1 Å². The van der Waals surface area contributed by atoms with E-state index in [1.165, 1.54) is 6.33 Å². The van der Waals surface area contributed by atoms with Crippen molar-refractivity contribution in [3.8, 4) is 0 Å². The number of aromatic nitrogens is 2. The molecular formula is C15H25N3O2. The molecule has 1 rings (SSSR count). The van der Waals surface area contributed by atoms with Gasteiger partial charge in [-0.05, 0) is 18.3 Å². The molecule has 0 amide bonds. The summed E-state index contributed by atoms with van der Waals surface area (Å²) >= 11 is 0. The molecule has 0 bridgehead atoms. The minimum Gasteiger partial charge on any atom is -0.481 e. The Bertz CT molecular complexity index is 441. The monoisotopic (exact) mass is 279 g/mol. The number of aliphatic carboxylic acids is 1. The molecule has 2 N–H and O–H groups in total. The van der Waals surface area contributed by atoms with Gasteiger partial charge in [0.2, 0.25) is 0 Å². The van der Waals surface area contributed by atoms with Crippen LogP contribution in [0.1, 0.15) is 52.7 Å². The Kier molecular flexibility index (Phi) is 5.92. The van der Waals surface area contributed by atoms with Gasteiger partial charge >= 0.3 is 5.97 Å². The maximum atomic E-state index is 11.0. The lowest BCUT2D eigenvalue weighted by Gasteiger charge is -2.26. The third-order valence-electron chi connectivity index (χ3n) is 2.86. The van der Waals surface area contributed by atoms with Crippen molar-refractivity contribution in [1.82, 2.24) is 9.97 Å². The molecule has 0 radical (unpaired) electrons. The van der Waals surface area contributed by atoms with E-state index < -0.39 is 5.97 Å². The summed E-state index contributed by atoms with van der Waals surface area (Å²) in [5.41, 5.74) is 1.04. The molecule has 20 heavy (non-hydrogen) atoms. The summed E-state index contributed by atoms with van der Waals surface area (Å²) in [6.07, 6.45) is 4.32. The van der Waals surface area contributed by atoms with E-state index >= 15 is 0 Å². The fourth-order valence-corrected chi connectivity index (χ4v) is 2.20. The quantitative estimate of drug-likeness (QED) is 0.802. The fraction of sp³-hybridized carbons (Fsp3) is 0.667. The second kappa shape index (κ2) is 7.22. The SMILES string of the molecule is CCCc1cc(NC(CC(=O)O)CC(C)(C)C)ncn1. The summed E-state index contributed by atoms with van der Waals surface area (Å²) in [6.45, 7) is 8.41. The number of carboxylic acid groups (broad SMARTS) is 1. The minimum absolute atomic E-state index is 0.0619. The van der Waals surface area contributed by atoms with Crippen molar-refractivity contribution >= 4 is 11.8 Å². The molecule has 1 aromatic rings. The predicted molar refractivity (Wildman–Crippen MR) is 79.8 cm³/mol. The van der Waals surface area contributed by atoms with Crippen molar-refractivity contribution in [1.29, 1.82) is 0 Å². The van der Waals surface area contributed by atoms with Crippen LogP contribution in [0.25, 0.3) is 0 Å². The van der Waals surface area contributed by atoms with Crippen LogP contribution < -0.4 is 5.32 Å². The number of hydrogen-bond acceptors (Lipinski definition) is 4. The number of carbonyl (C=O) groups is 1. The number of carboxylic acids is 1. The Morgan fingerprint density at radius 2 is 2.10 bits per heavy atom. The first kappa shape index (κ1) is 16.4. The van der Waals surface area contributed by atoms with Gasteiger partial charge in [0, 0.05) is 17.8 Å². The van der Waals surface area contributed by atoms with Crippen molar-refractivity contribution in [2.24, 2.45) is 5.41 Å². The molecular weight excluding hydrogens is 254 g/mol. The summed E-state index contributed by atoms with van der Waals surface area (Å²) in [7, 11) is 0. The molecule has 112 valence electrons. The lowest BCUT2D eigenvalue weighted by molar-refractivity contribution is -0.137. The molecule has 1 atom stereocenters. The van der Waals surface area contributed by atoms with Gasteiger partial charge in [0.1, 0.15) is 12.1 Å². The first-order valence-corrected chi connectivity index (χ1v) is 7.09. The smallest absolute Gasteiger partial charge is 0.305 e. The van der Waals surface area contributed by atoms with Gasteiger partial charge in [-0.3, -0.25) is 4.79 Å². The Morgan fingerprint density at radius 3 is 2.65 bits per heavy atom. The highest BCUT2D eigenvalue weighted by molar-refractivity contribution is 5.68. The Labute approximate surface area is 120 Å². The van der Waals surface area contributed by atoms with Crippen LogP contribution >= 0.6 is 0 Å². The van der Waals surface area contributed by atoms with Gasteiger partial charge in [-0.2, -0.15) is 0 Å². The zero-order chi connectivity index (χ0) is 15.2. The summed E-state index contributed by atoms with van der Waals surface area (Å²) < 4.78 is 0. The van der Waals surface area contributed by atoms with Crippen LogP contribution in [0, 0.1) is 5.41 Å². The first-order chi connectivity index (χ1) is 9.30. The summed E-state index contributed by atoms with van der Waals surface area (Å²) in [5, 5.41) is 12.3. The molecule has 0 aliphatic carbocycles. The molecule has 5 heteroatoms. The molecule has 0 aliphatic rings. The van der Waals surface area contributed by atoms with Crippen LogP contribution in [-0.4, -0.2) is 27.1 Å². The Morgan fingerprint density at radius 1 is 1.40 bits per heavy atom. The normalized spacial score (nSPS) is 13.0. The van der Waals surface area contributed by atoms with Gasteiger partial charge in [0.15, 0.2) is 0 Å². The van der Waals surface area contributed by atoms with Gasteiger partial charge < -0.3 is 10.4 Å². The highest BCUT2D eigenvalue weighted by Gasteiger charge is 2.21. The summed E-state index contributed by atoms with van der Waals surface area (Å²) in [4.78, 5) is 19.4. The fourth-order valence-electron chi connectivity index (χ4n) is 2.20. The number of anilines is 1. The average Bonchev–Trinajstić information content (AvgIpc) is 2.26. The lowest BCUT2D eigenvalue weighted by atomic mass is 9.87. The van der Waals surface area contributed by atoms with Crippen molar-refractivity contribution in [2.75, 3.05) is 5.32 Å². The number of nitrogens with zero attached hydrogens (tertiary/aromatic N) is 2. The second-order valence-corrected chi connectivity index (χ2v) is 6.35. The predicted octanol–water partition coefficient (Wildman–Crippen LogP) is 3.12. The van der Waals surface area contributed by atoms with Gasteiger partial charge in [-0.25, -0.2) is 9.97 Å². The van der Waals surface area contributed by atoms with Crippen molar-refractivity contribution < 1.29 is 9.90 Å². The van der Waals surface area contributed by atoms with Crippen molar-refractivity contribution in [3.63, 3.8) is 0 Å². The number of aryl methyl sites for hydroxylation is 1. The van der Waals surface area contributed by atoms with Gasteiger partial charge in [0.05, 0.1) is 6.42 Å². The van der Waals surface area contributed by atoms with Crippen LogP contribution in [0.15, 0.2) is 12.4 Å². The molecule has 0 fully saturated rings.